The molecule has 1 aliphatic heterocycles. The summed E-state index contributed by atoms with van der Waals surface area (Å²) in [5.41, 5.74) is 2.09. The van der Waals surface area contributed by atoms with Gasteiger partial charge in [-0.2, -0.15) is 0 Å². The van der Waals surface area contributed by atoms with Gasteiger partial charge in [0.05, 0.1) is 34.5 Å². The topological polar surface area (TPSA) is 69.6 Å². The molecule has 1 aliphatic carbocycles. The van der Waals surface area contributed by atoms with Crippen molar-refractivity contribution in [3.8, 4) is 0 Å². The number of halogens is 1. The Balaban J connectivity index is 1.46. The van der Waals surface area contributed by atoms with Gasteiger partial charge < -0.3 is 10.0 Å². The molecule has 1 heterocycles. The first-order valence-corrected chi connectivity index (χ1v) is 13.2. The maximum Gasteiger partial charge on any atom is 0.240 e. The molecule has 0 unspecified atom stereocenters. The summed E-state index contributed by atoms with van der Waals surface area (Å²) < 4.78 is 28.7. The molecule has 0 spiro atoms. The molecule has 5 nitrogen and oxygen atoms in total. The number of rotatable bonds is 4. The van der Waals surface area contributed by atoms with Gasteiger partial charge in [-0.05, 0) is 67.8 Å². The average Bonchev–Trinajstić information content (AvgIpc) is 2.79. The van der Waals surface area contributed by atoms with Gasteiger partial charge in [0.1, 0.15) is 0 Å². The van der Waals surface area contributed by atoms with E-state index in [2.05, 4.69) is 33.9 Å². The number of hydrogen-bond donors (Lipinski definition) is 2. The van der Waals surface area contributed by atoms with Gasteiger partial charge in [0.2, 0.25) is 10.0 Å². The average molecular weight is 487 g/mol. The van der Waals surface area contributed by atoms with Gasteiger partial charge in [0.15, 0.2) is 0 Å². The highest BCUT2D eigenvalue weighted by Gasteiger charge is 2.40. The molecule has 5 rings (SSSR count). The van der Waals surface area contributed by atoms with Gasteiger partial charge in [0, 0.05) is 14.8 Å². The fourth-order valence-corrected chi connectivity index (χ4v) is 7.02. The van der Waals surface area contributed by atoms with E-state index in [9.17, 15) is 13.5 Å². The Morgan fingerprint density at radius 1 is 0.906 bits per heavy atom. The van der Waals surface area contributed by atoms with E-state index in [0.717, 1.165) is 34.0 Å². The predicted octanol–water partition coefficient (Wildman–Crippen LogP) is 5.20. The quantitative estimate of drug-likeness (QED) is 0.530. The summed E-state index contributed by atoms with van der Waals surface area (Å²) in [6.45, 7) is 0. The predicted molar refractivity (Wildman–Crippen MR) is 128 cm³/mol. The van der Waals surface area contributed by atoms with Crippen molar-refractivity contribution in [1.82, 2.24) is 4.72 Å². The molecular formula is C24H23ClN2O3S2. The zero-order valence-corrected chi connectivity index (χ0v) is 19.6. The Morgan fingerprint density at radius 3 is 2.12 bits per heavy atom. The highest BCUT2D eigenvalue weighted by molar-refractivity contribution is 7.99. The van der Waals surface area contributed by atoms with Crippen LogP contribution in [0.5, 0.6) is 0 Å². The highest BCUT2D eigenvalue weighted by atomic mass is 35.5. The third-order valence-electron chi connectivity index (χ3n) is 6.05. The van der Waals surface area contributed by atoms with Crippen molar-refractivity contribution < 1.29 is 13.5 Å². The van der Waals surface area contributed by atoms with E-state index in [1.165, 1.54) is 12.1 Å². The fraction of sp³-hybridized carbons (Fsp3) is 0.250. The summed E-state index contributed by atoms with van der Waals surface area (Å²) in [4.78, 5) is 4.58. The van der Waals surface area contributed by atoms with Gasteiger partial charge in [-0.25, -0.2) is 13.1 Å². The number of aliphatic hydroxyl groups excluding tert-OH is 1. The van der Waals surface area contributed by atoms with Crippen LogP contribution in [0.25, 0.3) is 0 Å². The SMILES string of the molecule is O=S(=O)(N[C@@H]1CCC[C@H](N2c3ccccc3Sc3ccccc32)[C@H]1O)c1ccc(Cl)cc1. The van der Waals surface area contributed by atoms with E-state index >= 15 is 0 Å². The summed E-state index contributed by atoms with van der Waals surface area (Å²) in [5, 5.41) is 11.9. The molecule has 32 heavy (non-hydrogen) atoms. The number of para-hydroxylation sites is 2. The molecule has 1 fully saturated rings. The number of nitrogens with one attached hydrogen (secondary N) is 1. The second kappa shape index (κ2) is 8.72. The second-order valence-corrected chi connectivity index (χ2v) is 11.3. The lowest BCUT2D eigenvalue weighted by molar-refractivity contribution is 0.0809. The summed E-state index contributed by atoms with van der Waals surface area (Å²) in [5.74, 6) is 0. The molecule has 2 N–H and O–H groups in total. The Labute approximate surface area is 197 Å². The zero-order chi connectivity index (χ0) is 22.3. The van der Waals surface area contributed by atoms with Crippen molar-refractivity contribution in [3.63, 3.8) is 0 Å². The number of aliphatic hydroxyl groups is 1. The third-order valence-corrected chi connectivity index (χ3v) is 8.94. The first-order chi connectivity index (χ1) is 15.4. The first-order valence-electron chi connectivity index (χ1n) is 10.6. The number of nitrogens with zero attached hydrogens (tertiary/aromatic N) is 1. The molecule has 0 bridgehead atoms. The van der Waals surface area contributed by atoms with E-state index in [1.807, 2.05) is 24.3 Å². The van der Waals surface area contributed by atoms with Crippen LogP contribution in [0, 0.1) is 0 Å². The normalized spacial score (nSPS) is 22.8. The summed E-state index contributed by atoms with van der Waals surface area (Å²) in [7, 11) is -3.78. The zero-order valence-electron chi connectivity index (χ0n) is 17.2. The lowest BCUT2D eigenvalue weighted by Gasteiger charge is -2.45. The Hall–Kier alpha value is -2.03. The lowest BCUT2D eigenvalue weighted by Crippen LogP contribution is -2.56. The number of sulfonamides is 1. The number of fused-ring (bicyclic) bond motifs is 2. The first kappa shape index (κ1) is 21.8. The van der Waals surface area contributed by atoms with Gasteiger partial charge >= 0.3 is 0 Å². The van der Waals surface area contributed by atoms with Crippen LogP contribution in [0.4, 0.5) is 11.4 Å². The molecule has 2 aliphatic rings. The molecule has 8 heteroatoms. The van der Waals surface area contributed by atoms with Crippen LogP contribution in [0.15, 0.2) is 87.5 Å². The molecule has 3 aromatic rings. The molecule has 3 atom stereocenters. The maximum absolute atomic E-state index is 13.0. The minimum atomic E-state index is -3.78. The Kier molecular flexibility index (Phi) is 5.94. The van der Waals surface area contributed by atoms with Crippen molar-refractivity contribution in [2.45, 2.75) is 52.1 Å². The number of benzene rings is 3. The Bertz CT molecular complexity index is 1190. The van der Waals surface area contributed by atoms with Crippen LogP contribution in [0.2, 0.25) is 5.02 Å². The molecule has 1 saturated carbocycles. The van der Waals surface area contributed by atoms with Crippen LogP contribution < -0.4 is 9.62 Å². The van der Waals surface area contributed by atoms with E-state index in [-0.39, 0.29) is 10.9 Å². The molecule has 166 valence electrons. The molecular weight excluding hydrogens is 464 g/mol. The van der Waals surface area contributed by atoms with Crippen LogP contribution in [0.1, 0.15) is 19.3 Å². The highest BCUT2D eigenvalue weighted by Crippen LogP contribution is 2.50. The van der Waals surface area contributed by atoms with Crippen molar-refractivity contribution in [2.24, 2.45) is 0 Å². The fourth-order valence-electron chi connectivity index (χ4n) is 4.54. The van der Waals surface area contributed by atoms with Gasteiger partial charge in [-0.3, -0.25) is 0 Å². The van der Waals surface area contributed by atoms with Gasteiger partial charge in [0.25, 0.3) is 0 Å². The van der Waals surface area contributed by atoms with Crippen molar-refractivity contribution in [1.29, 1.82) is 0 Å². The van der Waals surface area contributed by atoms with Crippen LogP contribution in [0.3, 0.4) is 0 Å². The van der Waals surface area contributed by atoms with E-state index < -0.39 is 22.2 Å². The van der Waals surface area contributed by atoms with Crippen molar-refractivity contribution in [2.75, 3.05) is 4.90 Å². The smallest absolute Gasteiger partial charge is 0.240 e. The van der Waals surface area contributed by atoms with Gasteiger partial charge in [-0.15, -0.1) is 0 Å². The van der Waals surface area contributed by atoms with Crippen molar-refractivity contribution in [3.05, 3.63) is 77.8 Å². The maximum atomic E-state index is 13.0. The number of anilines is 2. The second-order valence-electron chi connectivity index (χ2n) is 8.08. The molecule has 0 aromatic heterocycles. The van der Waals surface area contributed by atoms with Gasteiger partial charge in [-0.1, -0.05) is 47.6 Å². The van der Waals surface area contributed by atoms with Crippen LogP contribution >= 0.6 is 23.4 Å². The number of hydrogen-bond acceptors (Lipinski definition) is 5. The molecule has 0 radical (unpaired) electrons. The van der Waals surface area contributed by atoms with E-state index in [0.29, 0.717) is 11.4 Å². The third kappa shape index (κ3) is 4.04. The Morgan fingerprint density at radius 2 is 1.50 bits per heavy atom. The summed E-state index contributed by atoms with van der Waals surface area (Å²) in [6.07, 6.45) is 1.29. The largest absolute Gasteiger partial charge is 0.389 e. The van der Waals surface area contributed by atoms with Crippen molar-refractivity contribution >= 4 is 44.8 Å². The summed E-state index contributed by atoms with van der Waals surface area (Å²) >= 11 is 7.62. The monoisotopic (exact) mass is 486 g/mol. The van der Waals surface area contributed by atoms with Crippen LogP contribution in [-0.4, -0.2) is 31.7 Å². The summed E-state index contributed by atoms with van der Waals surface area (Å²) in [6, 6.07) is 21.5. The van der Waals surface area contributed by atoms with Crippen LogP contribution in [-0.2, 0) is 10.0 Å². The minimum absolute atomic E-state index is 0.140. The molecule has 3 aromatic carbocycles. The standard InChI is InChI=1S/C24H23ClN2O3S2/c25-16-12-14-17(15-13-16)32(29,30)26-18-6-5-9-21(24(18)28)27-19-7-1-3-10-22(19)31-23-11-4-2-8-20(23)27/h1-4,7-8,10-15,18,21,24,26,28H,5-6,9H2/t18-,21+,24+/m1/s1. The minimum Gasteiger partial charge on any atom is -0.389 e. The van der Waals surface area contributed by atoms with E-state index in [4.69, 9.17) is 11.6 Å². The molecule has 0 saturated heterocycles. The lowest BCUT2D eigenvalue weighted by atomic mass is 9.87. The molecule has 0 amide bonds. The van der Waals surface area contributed by atoms with E-state index in [1.54, 1.807) is 23.9 Å².